The molecule has 126 valence electrons. The first kappa shape index (κ1) is 15.9. The first-order valence-corrected chi connectivity index (χ1v) is 7.67. The molecular formula is C15H18F3N3O2. The molecule has 0 aromatic carbocycles. The van der Waals surface area contributed by atoms with Crippen LogP contribution in [0, 0.1) is 0 Å². The maximum atomic E-state index is 12.6. The van der Waals surface area contributed by atoms with Crippen LogP contribution in [-0.2, 0) is 15.7 Å². The van der Waals surface area contributed by atoms with Gasteiger partial charge in [-0.1, -0.05) is 0 Å². The van der Waals surface area contributed by atoms with Crippen LogP contribution in [0.1, 0.15) is 43.0 Å². The molecule has 0 saturated carbocycles. The number of H-pyrrole nitrogens is 1. The number of hydrogen-bond donors (Lipinski definition) is 1. The van der Waals surface area contributed by atoms with Gasteiger partial charge in [0.05, 0.1) is 18.4 Å². The van der Waals surface area contributed by atoms with Gasteiger partial charge in [0, 0.05) is 24.7 Å². The molecule has 1 N–H and O–H groups in total. The van der Waals surface area contributed by atoms with Crippen LogP contribution in [-0.4, -0.2) is 40.7 Å². The molecule has 1 amide bonds. The van der Waals surface area contributed by atoms with Crippen molar-refractivity contribution < 1.29 is 22.7 Å². The second-order valence-electron chi connectivity index (χ2n) is 5.91. The number of likely N-dealkylation sites (tertiary alicyclic amines) is 1. The van der Waals surface area contributed by atoms with E-state index < -0.39 is 11.9 Å². The number of carbonyl (C=O) groups excluding carboxylic acids is 1. The van der Waals surface area contributed by atoms with Crippen molar-refractivity contribution in [2.24, 2.45) is 0 Å². The Morgan fingerprint density at radius 3 is 2.87 bits per heavy atom. The lowest BCUT2D eigenvalue weighted by atomic mass is 9.94. The van der Waals surface area contributed by atoms with Crippen LogP contribution in [0.3, 0.4) is 0 Å². The minimum atomic E-state index is -4.46. The monoisotopic (exact) mass is 329 g/mol. The second kappa shape index (κ2) is 6.25. The molecule has 3 heterocycles. The number of ether oxygens (including phenoxy) is 1. The molecular weight excluding hydrogens is 311 g/mol. The normalized spacial score (nSPS) is 22.5. The molecule has 0 radical (unpaired) electrons. The molecule has 1 aromatic heterocycles. The van der Waals surface area contributed by atoms with E-state index in [0.29, 0.717) is 37.4 Å². The van der Waals surface area contributed by atoms with Gasteiger partial charge in [-0.2, -0.15) is 18.3 Å². The van der Waals surface area contributed by atoms with Crippen molar-refractivity contribution >= 4 is 5.91 Å². The van der Waals surface area contributed by atoms with Crippen LogP contribution in [0.25, 0.3) is 0 Å². The minimum absolute atomic E-state index is 0.0787. The van der Waals surface area contributed by atoms with E-state index in [0.717, 1.165) is 25.3 Å². The Labute approximate surface area is 131 Å². The highest BCUT2D eigenvalue weighted by Crippen LogP contribution is 2.32. The average Bonchev–Trinajstić information content (AvgIpc) is 3.05. The highest BCUT2D eigenvalue weighted by molar-refractivity contribution is 5.93. The fraction of sp³-hybridized carbons (Fsp3) is 0.600. The summed E-state index contributed by atoms with van der Waals surface area (Å²) in [6.45, 7) is 1.64. The van der Waals surface area contributed by atoms with E-state index in [1.807, 2.05) is 0 Å². The SMILES string of the molecule is O=C(C1=COCCC1)N1CCC[C@@H](c2cc(C(F)(F)F)n[nH]2)C1. The number of alkyl halides is 3. The van der Waals surface area contributed by atoms with Crippen molar-refractivity contribution in [1.29, 1.82) is 0 Å². The number of aromatic amines is 1. The lowest BCUT2D eigenvalue weighted by Gasteiger charge is -2.33. The van der Waals surface area contributed by atoms with Gasteiger partial charge in [0.25, 0.3) is 5.91 Å². The summed E-state index contributed by atoms with van der Waals surface area (Å²) >= 11 is 0. The third-order valence-electron chi connectivity index (χ3n) is 4.25. The van der Waals surface area contributed by atoms with Gasteiger partial charge in [-0.3, -0.25) is 9.89 Å². The van der Waals surface area contributed by atoms with Crippen molar-refractivity contribution in [2.75, 3.05) is 19.7 Å². The standard InChI is InChI=1S/C15H18F3N3O2/c16-15(17,18)13-7-12(19-20-13)10-3-1-5-21(8-10)14(22)11-4-2-6-23-9-11/h7,9-10H,1-6,8H2,(H,19,20)/t10-/m1/s1. The molecule has 0 unspecified atom stereocenters. The third-order valence-corrected chi connectivity index (χ3v) is 4.25. The highest BCUT2D eigenvalue weighted by atomic mass is 19.4. The van der Waals surface area contributed by atoms with E-state index in [2.05, 4.69) is 10.2 Å². The molecule has 1 aromatic rings. The molecule has 8 heteroatoms. The fourth-order valence-corrected chi connectivity index (χ4v) is 3.03. The molecule has 0 spiro atoms. The van der Waals surface area contributed by atoms with E-state index in [1.54, 1.807) is 4.90 Å². The Morgan fingerprint density at radius 1 is 1.39 bits per heavy atom. The number of amides is 1. The molecule has 3 rings (SSSR count). The molecule has 2 aliphatic heterocycles. The fourth-order valence-electron chi connectivity index (χ4n) is 3.03. The highest BCUT2D eigenvalue weighted by Gasteiger charge is 2.35. The zero-order chi connectivity index (χ0) is 16.4. The number of halogens is 3. The predicted molar refractivity (Wildman–Crippen MR) is 75.4 cm³/mol. The topological polar surface area (TPSA) is 58.2 Å². The summed E-state index contributed by atoms with van der Waals surface area (Å²) in [5.74, 6) is -0.230. The summed E-state index contributed by atoms with van der Waals surface area (Å²) in [5, 5.41) is 5.81. The summed E-state index contributed by atoms with van der Waals surface area (Å²) in [6.07, 6.45) is 0.0346. The van der Waals surface area contributed by atoms with E-state index in [4.69, 9.17) is 4.74 Å². The van der Waals surface area contributed by atoms with Gasteiger partial charge in [-0.25, -0.2) is 0 Å². The van der Waals surface area contributed by atoms with Crippen molar-refractivity contribution in [3.8, 4) is 0 Å². The van der Waals surface area contributed by atoms with Crippen molar-refractivity contribution in [1.82, 2.24) is 15.1 Å². The summed E-state index contributed by atoms with van der Waals surface area (Å²) in [7, 11) is 0. The summed E-state index contributed by atoms with van der Waals surface area (Å²) < 4.78 is 43.1. The van der Waals surface area contributed by atoms with Crippen LogP contribution >= 0.6 is 0 Å². The van der Waals surface area contributed by atoms with Crippen LogP contribution < -0.4 is 0 Å². The van der Waals surface area contributed by atoms with Crippen LogP contribution in [0.15, 0.2) is 17.9 Å². The molecule has 23 heavy (non-hydrogen) atoms. The summed E-state index contributed by atoms with van der Waals surface area (Å²) in [4.78, 5) is 14.2. The Balaban J connectivity index is 1.69. The number of nitrogens with one attached hydrogen (secondary N) is 1. The van der Waals surface area contributed by atoms with E-state index in [1.165, 1.54) is 6.26 Å². The van der Waals surface area contributed by atoms with E-state index >= 15 is 0 Å². The first-order valence-electron chi connectivity index (χ1n) is 7.67. The van der Waals surface area contributed by atoms with Crippen LogP contribution in [0.2, 0.25) is 0 Å². The Kier molecular flexibility index (Phi) is 4.32. The van der Waals surface area contributed by atoms with Crippen molar-refractivity contribution in [3.63, 3.8) is 0 Å². The minimum Gasteiger partial charge on any atom is -0.501 e. The average molecular weight is 329 g/mol. The maximum absolute atomic E-state index is 12.6. The lowest BCUT2D eigenvalue weighted by Crippen LogP contribution is -2.40. The molecule has 0 bridgehead atoms. The van der Waals surface area contributed by atoms with Crippen molar-refractivity contribution in [3.05, 3.63) is 29.3 Å². The van der Waals surface area contributed by atoms with Gasteiger partial charge in [0.15, 0.2) is 5.69 Å². The Bertz CT molecular complexity index is 609. The lowest BCUT2D eigenvalue weighted by molar-refractivity contribution is -0.141. The van der Waals surface area contributed by atoms with E-state index in [-0.39, 0.29) is 11.8 Å². The van der Waals surface area contributed by atoms with Gasteiger partial charge in [-0.15, -0.1) is 0 Å². The number of piperidine rings is 1. The smallest absolute Gasteiger partial charge is 0.435 e. The second-order valence-corrected chi connectivity index (χ2v) is 5.91. The van der Waals surface area contributed by atoms with Crippen LogP contribution in [0.4, 0.5) is 13.2 Å². The van der Waals surface area contributed by atoms with Gasteiger partial charge < -0.3 is 9.64 Å². The molecule has 0 aliphatic carbocycles. The van der Waals surface area contributed by atoms with Crippen molar-refractivity contribution in [2.45, 2.75) is 37.8 Å². The number of carbonyl (C=O) groups is 1. The van der Waals surface area contributed by atoms with Gasteiger partial charge in [-0.05, 0) is 31.7 Å². The molecule has 5 nitrogen and oxygen atoms in total. The van der Waals surface area contributed by atoms with Crippen LogP contribution in [0.5, 0.6) is 0 Å². The van der Waals surface area contributed by atoms with Gasteiger partial charge >= 0.3 is 6.18 Å². The number of rotatable bonds is 2. The zero-order valence-corrected chi connectivity index (χ0v) is 12.5. The molecule has 1 atom stereocenters. The van der Waals surface area contributed by atoms with E-state index in [9.17, 15) is 18.0 Å². The molecule has 1 saturated heterocycles. The molecule has 1 fully saturated rings. The Morgan fingerprint density at radius 2 is 2.22 bits per heavy atom. The number of aromatic nitrogens is 2. The van der Waals surface area contributed by atoms with Gasteiger partial charge in [0.2, 0.25) is 0 Å². The van der Waals surface area contributed by atoms with Gasteiger partial charge in [0.1, 0.15) is 0 Å². The largest absolute Gasteiger partial charge is 0.501 e. The third kappa shape index (κ3) is 3.51. The summed E-state index contributed by atoms with van der Waals surface area (Å²) in [6, 6.07) is 1.04. The molecule has 2 aliphatic rings. The summed E-state index contributed by atoms with van der Waals surface area (Å²) in [5.41, 5.74) is 0.153. The number of hydrogen-bond acceptors (Lipinski definition) is 3. The predicted octanol–water partition coefficient (Wildman–Crippen LogP) is 2.83. The zero-order valence-electron chi connectivity index (χ0n) is 12.5. The first-order chi connectivity index (χ1) is 10.9. The Hall–Kier alpha value is -1.99. The quantitative estimate of drug-likeness (QED) is 0.908. The number of nitrogens with zero attached hydrogens (tertiary/aromatic N) is 2. The maximum Gasteiger partial charge on any atom is 0.435 e.